The molecule has 0 spiro atoms. The summed E-state index contributed by atoms with van der Waals surface area (Å²) in [7, 11) is 1.58. The summed E-state index contributed by atoms with van der Waals surface area (Å²) in [5, 5.41) is 3.82. The highest BCUT2D eigenvalue weighted by atomic mass is 19.1. The Morgan fingerprint density at radius 1 is 1.09 bits per heavy atom. The monoisotopic (exact) mass is 479 g/mol. The number of carbonyl (C=O) groups excluding carboxylic acids is 1. The Bertz CT molecular complexity index is 1050. The third-order valence-corrected chi connectivity index (χ3v) is 8.39. The van der Waals surface area contributed by atoms with Gasteiger partial charge in [-0.2, -0.15) is 0 Å². The molecule has 2 heterocycles. The second-order valence-electron chi connectivity index (χ2n) is 10.7. The number of hydrogen-bond donors (Lipinski definition) is 1. The van der Waals surface area contributed by atoms with Crippen LogP contribution in [-0.4, -0.2) is 55.6 Å². The van der Waals surface area contributed by atoms with Gasteiger partial charge in [0.2, 0.25) is 0 Å². The number of fused-ring (bicyclic) bond motifs is 1. The molecule has 1 aliphatic carbocycles. The van der Waals surface area contributed by atoms with Crippen molar-refractivity contribution in [2.75, 3.05) is 43.5 Å². The molecule has 1 N–H and O–H groups in total. The number of nitrogens with one attached hydrogen (secondary N) is 1. The van der Waals surface area contributed by atoms with E-state index in [0.717, 1.165) is 76.1 Å². The first-order chi connectivity index (χ1) is 17.0. The number of Topliss-reactive ketones (excluding diaryl/α,β-unsaturated/α-hetero) is 1. The molecule has 2 unspecified atom stereocenters. The number of aryl methyl sites for hydroxylation is 1. The summed E-state index contributed by atoms with van der Waals surface area (Å²) in [5.74, 6) is 0.858. The van der Waals surface area contributed by atoms with Crippen LogP contribution in [0.4, 0.5) is 15.8 Å². The summed E-state index contributed by atoms with van der Waals surface area (Å²) < 4.78 is 19.2. The van der Waals surface area contributed by atoms with Crippen molar-refractivity contribution >= 4 is 17.2 Å². The molecule has 2 aromatic rings. The van der Waals surface area contributed by atoms with Crippen molar-refractivity contribution in [3.63, 3.8) is 0 Å². The first kappa shape index (κ1) is 24.1. The molecule has 0 amide bonds. The highest BCUT2D eigenvalue weighted by Crippen LogP contribution is 2.38. The molecule has 5 nitrogen and oxygen atoms in total. The van der Waals surface area contributed by atoms with Gasteiger partial charge in [-0.25, -0.2) is 4.39 Å². The topological polar surface area (TPSA) is 44.8 Å². The molecule has 1 saturated carbocycles. The summed E-state index contributed by atoms with van der Waals surface area (Å²) >= 11 is 0. The molecule has 2 aliphatic heterocycles. The van der Waals surface area contributed by atoms with Crippen LogP contribution in [0.2, 0.25) is 0 Å². The number of ketones is 1. The number of hydrogen-bond acceptors (Lipinski definition) is 5. The summed E-state index contributed by atoms with van der Waals surface area (Å²) in [5.41, 5.74) is 3.11. The summed E-state index contributed by atoms with van der Waals surface area (Å²) in [6.45, 7) is 5.40. The number of piperazine rings is 1. The van der Waals surface area contributed by atoms with E-state index in [2.05, 4.69) is 46.3 Å². The molecule has 2 aromatic carbocycles. The SMILES string of the molecule is COc1cc(F)ccc1N1CCN(C(C(=O)C2CCCCC2)C2(C)CCc3ccccc3N2)CC1. The van der Waals surface area contributed by atoms with Crippen molar-refractivity contribution < 1.29 is 13.9 Å². The first-order valence-corrected chi connectivity index (χ1v) is 13.2. The fraction of sp³-hybridized carbons (Fsp3) is 0.552. The van der Waals surface area contributed by atoms with E-state index in [-0.39, 0.29) is 23.3 Å². The number of benzene rings is 2. The number of carbonyl (C=O) groups is 1. The number of rotatable bonds is 6. The largest absolute Gasteiger partial charge is 0.494 e. The van der Waals surface area contributed by atoms with E-state index in [4.69, 9.17) is 4.74 Å². The van der Waals surface area contributed by atoms with Crippen molar-refractivity contribution in [2.24, 2.45) is 5.92 Å². The molecule has 3 aliphatic rings. The molecule has 6 heteroatoms. The lowest BCUT2D eigenvalue weighted by molar-refractivity contribution is -0.131. The van der Waals surface area contributed by atoms with Gasteiger partial charge >= 0.3 is 0 Å². The van der Waals surface area contributed by atoms with Crippen LogP contribution in [0.25, 0.3) is 0 Å². The Kier molecular flexibility index (Phi) is 7.01. The van der Waals surface area contributed by atoms with Crippen LogP contribution in [0, 0.1) is 11.7 Å². The molecular formula is C29H38FN3O2. The van der Waals surface area contributed by atoms with Gasteiger partial charge in [-0.15, -0.1) is 0 Å². The number of nitrogens with zero attached hydrogens (tertiary/aromatic N) is 2. The molecule has 0 radical (unpaired) electrons. The third kappa shape index (κ3) is 4.90. The minimum atomic E-state index is -0.307. The van der Waals surface area contributed by atoms with E-state index >= 15 is 0 Å². The standard InChI is InChI=1S/C29H38FN3O2/c1-29(15-14-21-8-6-7-11-24(21)31-29)28(27(34)22-9-4-3-5-10-22)33-18-16-32(17-19-33)25-13-12-23(30)20-26(25)35-2/h6-8,11-13,20,22,28,31H,3-5,9-10,14-19H2,1-2H3. The average molecular weight is 480 g/mol. The third-order valence-electron chi connectivity index (χ3n) is 8.39. The van der Waals surface area contributed by atoms with Crippen LogP contribution in [0.5, 0.6) is 5.75 Å². The van der Waals surface area contributed by atoms with Gasteiger partial charge in [-0.05, 0) is 56.4 Å². The van der Waals surface area contributed by atoms with Gasteiger partial charge in [0, 0.05) is 43.9 Å². The van der Waals surface area contributed by atoms with Crippen LogP contribution in [-0.2, 0) is 11.2 Å². The maximum Gasteiger partial charge on any atom is 0.155 e. The predicted molar refractivity (Wildman–Crippen MR) is 139 cm³/mol. The minimum Gasteiger partial charge on any atom is -0.494 e. The fourth-order valence-electron chi connectivity index (χ4n) is 6.47. The van der Waals surface area contributed by atoms with Gasteiger partial charge in [0.1, 0.15) is 11.6 Å². The Morgan fingerprint density at radius 2 is 1.83 bits per heavy atom. The van der Waals surface area contributed by atoms with E-state index < -0.39 is 0 Å². The molecule has 2 atom stereocenters. The lowest BCUT2D eigenvalue weighted by atomic mass is 9.74. The highest BCUT2D eigenvalue weighted by molar-refractivity contribution is 5.88. The van der Waals surface area contributed by atoms with Crippen LogP contribution in [0.3, 0.4) is 0 Å². The van der Waals surface area contributed by atoms with Crippen molar-refractivity contribution in [3.05, 3.63) is 53.8 Å². The number of halogens is 1. The number of ether oxygens (including phenoxy) is 1. The first-order valence-electron chi connectivity index (χ1n) is 13.2. The average Bonchev–Trinajstić information content (AvgIpc) is 2.89. The number of para-hydroxylation sites is 1. The van der Waals surface area contributed by atoms with E-state index in [0.29, 0.717) is 11.5 Å². The van der Waals surface area contributed by atoms with Crippen molar-refractivity contribution in [1.82, 2.24) is 4.90 Å². The minimum absolute atomic E-state index is 0.156. The van der Waals surface area contributed by atoms with Gasteiger partial charge in [-0.3, -0.25) is 9.69 Å². The van der Waals surface area contributed by atoms with Gasteiger partial charge < -0.3 is 15.0 Å². The normalized spacial score (nSPS) is 24.4. The van der Waals surface area contributed by atoms with E-state index in [9.17, 15) is 9.18 Å². The Morgan fingerprint density at radius 3 is 2.57 bits per heavy atom. The fourth-order valence-corrected chi connectivity index (χ4v) is 6.47. The molecule has 1 saturated heterocycles. The van der Waals surface area contributed by atoms with E-state index in [1.165, 1.54) is 24.1 Å². The summed E-state index contributed by atoms with van der Waals surface area (Å²) in [6.07, 6.45) is 7.54. The molecule has 0 aromatic heterocycles. The summed E-state index contributed by atoms with van der Waals surface area (Å²) in [4.78, 5) is 18.8. The smallest absolute Gasteiger partial charge is 0.155 e. The molecular weight excluding hydrogens is 441 g/mol. The molecule has 35 heavy (non-hydrogen) atoms. The van der Waals surface area contributed by atoms with Gasteiger partial charge in [0.15, 0.2) is 5.78 Å². The van der Waals surface area contributed by atoms with Crippen LogP contribution in [0.15, 0.2) is 42.5 Å². The maximum atomic E-state index is 14.1. The van der Waals surface area contributed by atoms with Gasteiger partial charge in [0.25, 0.3) is 0 Å². The molecule has 2 fully saturated rings. The van der Waals surface area contributed by atoms with E-state index in [1.807, 2.05) is 0 Å². The van der Waals surface area contributed by atoms with E-state index in [1.54, 1.807) is 13.2 Å². The molecule has 188 valence electrons. The van der Waals surface area contributed by atoms with Gasteiger partial charge in [0.05, 0.1) is 24.4 Å². The van der Waals surface area contributed by atoms with Gasteiger partial charge in [-0.1, -0.05) is 37.5 Å². The zero-order chi connectivity index (χ0) is 24.4. The van der Waals surface area contributed by atoms with Crippen LogP contribution in [0.1, 0.15) is 51.0 Å². The zero-order valence-corrected chi connectivity index (χ0v) is 21.1. The molecule has 5 rings (SSSR count). The molecule has 0 bridgehead atoms. The lowest BCUT2D eigenvalue weighted by Crippen LogP contribution is -2.65. The Balaban J connectivity index is 1.38. The maximum absolute atomic E-state index is 14.1. The number of anilines is 2. The summed E-state index contributed by atoms with van der Waals surface area (Å²) in [6, 6.07) is 13.1. The Labute approximate surface area is 208 Å². The highest BCUT2D eigenvalue weighted by Gasteiger charge is 2.47. The van der Waals surface area contributed by atoms with Crippen LogP contribution >= 0.6 is 0 Å². The van der Waals surface area contributed by atoms with Crippen LogP contribution < -0.4 is 15.0 Å². The van der Waals surface area contributed by atoms with Crippen molar-refractivity contribution in [1.29, 1.82) is 0 Å². The number of methoxy groups -OCH3 is 1. The van der Waals surface area contributed by atoms with Crippen molar-refractivity contribution in [3.8, 4) is 5.75 Å². The lowest BCUT2D eigenvalue weighted by Gasteiger charge is -2.50. The second-order valence-corrected chi connectivity index (χ2v) is 10.7. The second kappa shape index (κ2) is 10.2. The quantitative estimate of drug-likeness (QED) is 0.610. The Hall–Kier alpha value is -2.60. The van der Waals surface area contributed by atoms with Crippen molar-refractivity contribution in [2.45, 2.75) is 63.5 Å². The predicted octanol–water partition coefficient (Wildman–Crippen LogP) is 5.29. The zero-order valence-electron chi connectivity index (χ0n) is 21.1.